The number of ether oxygens (including phenoxy) is 1. The first-order valence-corrected chi connectivity index (χ1v) is 7.27. The average molecular weight is 304 g/mol. The van der Waals surface area contributed by atoms with Gasteiger partial charge in [-0.2, -0.15) is 0 Å². The molecule has 0 atom stereocenters. The maximum absolute atomic E-state index is 11.3. The van der Waals surface area contributed by atoms with Gasteiger partial charge >= 0.3 is 0 Å². The van der Waals surface area contributed by atoms with Crippen LogP contribution in [0.2, 0.25) is 5.02 Å². The highest BCUT2D eigenvalue weighted by Gasteiger charge is 2.05. The molecule has 0 aliphatic heterocycles. The molecule has 3 nitrogen and oxygen atoms in total. The van der Waals surface area contributed by atoms with Gasteiger partial charge in [-0.15, -0.1) is 0 Å². The number of anilines is 1. The van der Waals surface area contributed by atoms with Crippen LogP contribution in [0.3, 0.4) is 0 Å². The van der Waals surface area contributed by atoms with E-state index in [1.165, 1.54) is 6.92 Å². The summed E-state index contributed by atoms with van der Waals surface area (Å²) in [7, 11) is 0. The van der Waals surface area contributed by atoms with E-state index in [2.05, 4.69) is 5.32 Å². The lowest BCUT2D eigenvalue weighted by Crippen LogP contribution is -2.07. The zero-order valence-corrected chi connectivity index (χ0v) is 12.7. The van der Waals surface area contributed by atoms with E-state index in [0.717, 1.165) is 24.4 Å². The van der Waals surface area contributed by atoms with Crippen LogP contribution in [-0.4, -0.2) is 18.9 Å². The van der Waals surface area contributed by atoms with E-state index in [-0.39, 0.29) is 5.78 Å². The Morgan fingerprint density at radius 2 is 1.95 bits per heavy atom. The molecule has 0 radical (unpaired) electrons. The first kappa shape index (κ1) is 15.4. The van der Waals surface area contributed by atoms with Crippen LogP contribution in [0, 0.1) is 0 Å². The van der Waals surface area contributed by atoms with Crippen LogP contribution in [-0.2, 0) is 0 Å². The number of benzene rings is 2. The van der Waals surface area contributed by atoms with Gasteiger partial charge in [0, 0.05) is 17.8 Å². The Hall–Kier alpha value is -2.00. The van der Waals surface area contributed by atoms with Crippen LogP contribution in [0.25, 0.3) is 0 Å². The number of halogens is 1. The van der Waals surface area contributed by atoms with Gasteiger partial charge in [-0.05, 0) is 43.7 Å². The van der Waals surface area contributed by atoms with E-state index in [1.54, 1.807) is 12.1 Å². The third-order valence-electron chi connectivity index (χ3n) is 3.01. The van der Waals surface area contributed by atoms with E-state index >= 15 is 0 Å². The van der Waals surface area contributed by atoms with Crippen molar-refractivity contribution in [2.45, 2.75) is 13.3 Å². The predicted molar refractivity (Wildman–Crippen MR) is 86.5 cm³/mol. The maximum Gasteiger partial charge on any atom is 0.161 e. The molecular weight excluding hydrogens is 286 g/mol. The normalized spacial score (nSPS) is 10.2. The molecular formula is C17H18ClNO2. The van der Waals surface area contributed by atoms with Crippen molar-refractivity contribution in [3.8, 4) is 5.75 Å². The van der Waals surface area contributed by atoms with Crippen LogP contribution < -0.4 is 10.1 Å². The monoisotopic (exact) mass is 303 g/mol. The molecule has 0 spiro atoms. The number of carbonyl (C=O) groups is 1. The molecule has 2 rings (SSSR count). The van der Waals surface area contributed by atoms with E-state index in [9.17, 15) is 4.79 Å². The van der Waals surface area contributed by atoms with Crippen molar-refractivity contribution < 1.29 is 9.53 Å². The van der Waals surface area contributed by atoms with Gasteiger partial charge in [0.1, 0.15) is 5.75 Å². The predicted octanol–water partition coefficient (Wildman–Crippen LogP) is 4.42. The van der Waals surface area contributed by atoms with E-state index < -0.39 is 0 Å². The number of nitrogens with one attached hydrogen (secondary N) is 1. The Kier molecular flexibility index (Phi) is 5.64. The molecule has 0 unspecified atom stereocenters. The molecule has 110 valence electrons. The zero-order valence-electron chi connectivity index (χ0n) is 11.9. The Balaban J connectivity index is 1.74. The lowest BCUT2D eigenvalue weighted by atomic mass is 10.1. The van der Waals surface area contributed by atoms with Gasteiger partial charge < -0.3 is 10.1 Å². The molecule has 0 saturated carbocycles. The number of hydrogen-bond acceptors (Lipinski definition) is 3. The fourth-order valence-corrected chi connectivity index (χ4v) is 2.24. The van der Waals surface area contributed by atoms with Gasteiger partial charge in [-0.3, -0.25) is 4.79 Å². The Labute approximate surface area is 129 Å². The number of para-hydroxylation sites is 1. The highest BCUT2D eigenvalue weighted by molar-refractivity contribution is 6.34. The summed E-state index contributed by atoms with van der Waals surface area (Å²) < 4.78 is 5.61. The summed E-state index contributed by atoms with van der Waals surface area (Å²) in [5.41, 5.74) is 1.46. The molecule has 0 aliphatic rings. The van der Waals surface area contributed by atoms with Gasteiger partial charge in [0.05, 0.1) is 11.6 Å². The molecule has 4 heteroatoms. The first-order valence-electron chi connectivity index (χ1n) is 6.89. The second-order valence-electron chi connectivity index (χ2n) is 4.69. The van der Waals surface area contributed by atoms with Gasteiger partial charge in [-0.1, -0.05) is 29.8 Å². The minimum atomic E-state index is -0.0252. The largest absolute Gasteiger partial charge is 0.494 e. The number of carbonyl (C=O) groups excluding carboxylic acids is 1. The Morgan fingerprint density at radius 1 is 1.19 bits per heavy atom. The standard InChI is InChI=1S/C17H18ClNO2/c1-13(20)16-9-8-14(12-17(16)18)19-10-5-11-21-15-6-3-2-4-7-15/h2-4,6-9,12,19H,5,10-11H2,1H3. The molecule has 0 aliphatic carbocycles. The van der Waals surface area contributed by atoms with Gasteiger partial charge in [0.2, 0.25) is 0 Å². The van der Waals surface area contributed by atoms with Crippen molar-refractivity contribution in [3.05, 3.63) is 59.1 Å². The molecule has 2 aromatic carbocycles. The molecule has 0 heterocycles. The van der Waals surface area contributed by atoms with Gasteiger partial charge in [0.15, 0.2) is 5.78 Å². The second kappa shape index (κ2) is 7.70. The fourth-order valence-electron chi connectivity index (χ4n) is 1.92. The number of Topliss-reactive ketones (excluding diaryl/α,β-unsaturated/α-hetero) is 1. The van der Waals surface area contributed by atoms with Crippen LogP contribution >= 0.6 is 11.6 Å². The zero-order chi connectivity index (χ0) is 15.1. The first-order chi connectivity index (χ1) is 10.2. The molecule has 0 aromatic heterocycles. The Morgan fingerprint density at radius 3 is 2.62 bits per heavy atom. The minimum absolute atomic E-state index is 0.0252. The summed E-state index contributed by atoms with van der Waals surface area (Å²) in [5.74, 6) is 0.856. The quantitative estimate of drug-likeness (QED) is 0.607. The molecule has 1 N–H and O–H groups in total. The SMILES string of the molecule is CC(=O)c1ccc(NCCCOc2ccccc2)cc1Cl. The third kappa shape index (κ3) is 4.80. The van der Waals surface area contributed by atoms with E-state index in [0.29, 0.717) is 17.2 Å². The highest BCUT2D eigenvalue weighted by atomic mass is 35.5. The van der Waals surface area contributed by atoms with E-state index in [4.69, 9.17) is 16.3 Å². The number of hydrogen-bond donors (Lipinski definition) is 1. The molecule has 2 aromatic rings. The van der Waals surface area contributed by atoms with Crippen molar-refractivity contribution in [2.24, 2.45) is 0 Å². The summed E-state index contributed by atoms with van der Waals surface area (Å²) in [6.07, 6.45) is 0.876. The smallest absolute Gasteiger partial charge is 0.161 e. The number of ketones is 1. The fraction of sp³-hybridized carbons (Fsp3) is 0.235. The Bertz CT molecular complexity index is 599. The average Bonchev–Trinajstić information content (AvgIpc) is 2.47. The molecule has 0 amide bonds. The van der Waals surface area contributed by atoms with Crippen molar-refractivity contribution in [1.82, 2.24) is 0 Å². The third-order valence-corrected chi connectivity index (χ3v) is 3.32. The number of rotatable bonds is 7. The maximum atomic E-state index is 11.3. The summed E-state index contributed by atoms with van der Waals surface area (Å²) in [4.78, 5) is 11.3. The van der Waals surface area contributed by atoms with E-state index in [1.807, 2.05) is 36.4 Å². The highest BCUT2D eigenvalue weighted by Crippen LogP contribution is 2.21. The molecule has 0 fully saturated rings. The summed E-state index contributed by atoms with van der Waals surface area (Å²) in [6.45, 7) is 2.94. The summed E-state index contributed by atoms with van der Waals surface area (Å²) in [5, 5.41) is 3.74. The van der Waals surface area contributed by atoms with Crippen molar-refractivity contribution in [1.29, 1.82) is 0 Å². The molecule has 0 bridgehead atoms. The van der Waals surface area contributed by atoms with Crippen molar-refractivity contribution >= 4 is 23.1 Å². The summed E-state index contributed by atoms with van der Waals surface area (Å²) >= 11 is 6.06. The minimum Gasteiger partial charge on any atom is -0.494 e. The van der Waals surface area contributed by atoms with Gasteiger partial charge in [0.25, 0.3) is 0 Å². The molecule has 0 saturated heterocycles. The summed E-state index contributed by atoms with van der Waals surface area (Å²) in [6, 6.07) is 15.1. The molecule has 21 heavy (non-hydrogen) atoms. The lowest BCUT2D eigenvalue weighted by molar-refractivity contribution is 0.101. The van der Waals surface area contributed by atoms with Gasteiger partial charge in [-0.25, -0.2) is 0 Å². The van der Waals surface area contributed by atoms with Crippen LogP contribution in [0.1, 0.15) is 23.7 Å². The lowest BCUT2D eigenvalue weighted by Gasteiger charge is -2.09. The van der Waals surface area contributed by atoms with Crippen LogP contribution in [0.4, 0.5) is 5.69 Å². The van der Waals surface area contributed by atoms with Crippen LogP contribution in [0.15, 0.2) is 48.5 Å². The topological polar surface area (TPSA) is 38.3 Å². The van der Waals surface area contributed by atoms with Crippen LogP contribution in [0.5, 0.6) is 5.75 Å². The van der Waals surface area contributed by atoms with Crippen molar-refractivity contribution in [3.63, 3.8) is 0 Å². The second-order valence-corrected chi connectivity index (χ2v) is 5.10. The van der Waals surface area contributed by atoms with Crippen molar-refractivity contribution in [2.75, 3.05) is 18.5 Å².